The maximum Gasteiger partial charge on any atom is 0.226 e. The molecule has 2 atom stereocenters. The van der Waals surface area contributed by atoms with Crippen LogP contribution >= 0.6 is 11.6 Å². The van der Waals surface area contributed by atoms with Crippen molar-refractivity contribution in [1.82, 2.24) is 39.7 Å². The van der Waals surface area contributed by atoms with Gasteiger partial charge in [-0.25, -0.2) is 4.98 Å². The molecule has 10 nitrogen and oxygen atoms in total. The van der Waals surface area contributed by atoms with Crippen molar-refractivity contribution in [3.8, 4) is 0 Å². The fourth-order valence-corrected chi connectivity index (χ4v) is 4.50. The van der Waals surface area contributed by atoms with Gasteiger partial charge in [-0.1, -0.05) is 6.92 Å². The van der Waals surface area contributed by atoms with E-state index in [1.165, 1.54) is 12.8 Å². The maximum atomic E-state index is 6.27. The highest BCUT2D eigenvalue weighted by molar-refractivity contribution is 6.28. The fraction of sp³-hybridized carbons (Fsp3) is 0.684. The molecule has 3 aromatic heterocycles. The molecule has 11 heteroatoms. The first-order valence-electron chi connectivity index (χ1n) is 10.7. The first-order chi connectivity index (χ1) is 14.6. The molecule has 1 saturated heterocycles. The summed E-state index contributed by atoms with van der Waals surface area (Å²) in [4.78, 5) is 15.0. The Balaban J connectivity index is 1.37. The highest BCUT2D eigenvalue weighted by Gasteiger charge is 2.32. The zero-order valence-corrected chi connectivity index (χ0v) is 18.0. The largest absolute Gasteiger partial charge is 0.365 e. The Kier molecular flexibility index (Phi) is 5.28. The van der Waals surface area contributed by atoms with E-state index < -0.39 is 0 Å². The average Bonchev–Trinajstić information content (AvgIpc) is 3.48. The van der Waals surface area contributed by atoms with Gasteiger partial charge in [0.2, 0.25) is 11.1 Å². The summed E-state index contributed by atoms with van der Waals surface area (Å²) in [7, 11) is 0. The van der Waals surface area contributed by atoms with E-state index in [9.17, 15) is 0 Å². The zero-order chi connectivity index (χ0) is 20.7. The molecule has 0 radical (unpaired) electrons. The second-order valence-corrected chi connectivity index (χ2v) is 8.60. The monoisotopic (exact) mass is 431 g/mol. The second kappa shape index (κ2) is 8.07. The maximum absolute atomic E-state index is 6.27. The summed E-state index contributed by atoms with van der Waals surface area (Å²) in [5.74, 6) is 2.10. The molecular formula is C19H26ClN9O. The number of aromatic nitrogens is 8. The van der Waals surface area contributed by atoms with E-state index in [4.69, 9.17) is 16.3 Å². The molecule has 0 amide bonds. The summed E-state index contributed by atoms with van der Waals surface area (Å²) in [6.07, 6.45) is 7.69. The van der Waals surface area contributed by atoms with Crippen molar-refractivity contribution in [2.75, 3.05) is 5.32 Å². The molecule has 3 aromatic rings. The minimum absolute atomic E-state index is 0.188. The van der Waals surface area contributed by atoms with Crippen molar-refractivity contribution < 1.29 is 4.74 Å². The Bertz CT molecular complexity index is 1030. The van der Waals surface area contributed by atoms with Gasteiger partial charge >= 0.3 is 0 Å². The lowest BCUT2D eigenvalue weighted by molar-refractivity contribution is -0.000975. The number of fused-ring (bicyclic) bond motifs is 1. The number of nitrogens with zero attached hydrogens (tertiary/aromatic N) is 8. The number of tetrazole rings is 1. The van der Waals surface area contributed by atoms with Crippen LogP contribution in [-0.2, 0) is 11.3 Å². The number of hydrogen-bond acceptors (Lipinski definition) is 8. The van der Waals surface area contributed by atoms with Crippen molar-refractivity contribution in [3.63, 3.8) is 0 Å². The van der Waals surface area contributed by atoms with E-state index in [0.29, 0.717) is 29.9 Å². The minimum atomic E-state index is -0.206. The topological polar surface area (TPSA) is 108 Å². The molecule has 0 spiro atoms. The number of halogens is 1. The third-order valence-corrected chi connectivity index (χ3v) is 6.27. The molecule has 0 aromatic carbocycles. The highest BCUT2D eigenvalue weighted by Crippen LogP contribution is 2.38. The van der Waals surface area contributed by atoms with Gasteiger partial charge in [-0.15, -0.1) is 10.2 Å². The van der Waals surface area contributed by atoms with Crippen molar-refractivity contribution in [1.29, 1.82) is 0 Å². The van der Waals surface area contributed by atoms with Gasteiger partial charge < -0.3 is 10.1 Å². The van der Waals surface area contributed by atoms with Crippen molar-refractivity contribution >= 4 is 28.6 Å². The van der Waals surface area contributed by atoms with Gasteiger partial charge in [-0.3, -0.25) is 4.57 Å². The second-order valence-electron chi connectivity index (χ2n) is 8.26. The van der Waals surface area contributed by atoms with Crippen LogP contribution in [0, 0.1) is 5.92 Å². The standard InChI is InChI=1S/C19H26ClN9O/c1-3-29-26-16(25-27-29)13-8-9-14(30-13)28-10-21-15-17(23-19(20)24-18(15)28)22-12-6-4-11(2)5-7-12/h10-14H,3-9H2,1-2H3,(H,22,23,24). The number of hydrogen-bond donors (Lipinski definition) is 1. The van der Waals surface area contributed by atoms with Crippen LogP contribution in [0.5, 0.6) is 0 Å². The van der Waals surface area contributed by atoms with Crippen LogP contribution < -0.4 is 5.32 Å². The van der Waals surface area contributed by atoms with E-state index in [1.54, 1.807) is 11.1 Å². The Morgan fingerprint density at radius 3 is 2.77 bits per heavy atom. The van der Waals surface area contributed by atoms with Gasteiger partial charge in [0.05, 0.1) is 12.9 Å². The lowest BCUT2D eigenvalue weighted by atomic mass is 9.87. The van der Waals surface area contributed by atoms with Gasteiger partial charge in [-0.2, -0.15) is 14.8 Å². The average molecular weight is 432 g/mol. The molecule has 1 N–H and O–H groups in total. The lowest BCUT2D eigenvalue weighted by Gasteiger charge is -2.27. The summed E-state index contributed by atoms with van der Waals surface area (Å²) >= 11 is 6.27. The summed E-state index contributed by atoms with van der Waals surface area (Å²) in [6.45, 7) is 4.97. The number of ether oxygens (including phenoxy) is 1. The molecule has 4 heterocycles. The van der Waals surface area contributed by atoms with Crippen LogP contribution in [0.25, 0.3) is 11.2 Å². The normalized spacial score (nSPS) is 27.0. The molecular weight excluding hydrogens is 406 g/mol. The van der Waals surface area contributed by atoms with Crippen molar-refractivity contribution in [2.45, 2.75) is 77.3 Å². The Hall–Kier alpha value is -2.33. The van der Waals surface area contributed by atoms with Gasteiger partial charge in [0.1, 0.15) is 12.3 Å². The van der Waals surface area contributed by atoms with Crippen LogP contribution in [0.3, 0.4) is 0 Å². The van der Waals surface area contributed by atoms with E-state index >= 15 is 0 Å². The predicted molar refractivity (Wildman–Crippen MR) is 111 cm³/mol. The molecule has 2 unspecified atom stereocenters. The van der Waals surface area contributed by atoms with Gasteiger partial charge in [0, 0.05) is 6.04 Å². The predicted octanol–water partition coefficient (Wildman–Crippen LogP) is 3.53. The summed E-state index contributed by atoms with van der Waals surface area (Å²) in [5.41, 5.74) is 1.40. The lowest BCUT2D eigenvalue weighted by Crippen LogP contribution is -2.26. The fourth-order valence-electron chi connectivity index (χ4n) is 4.33. The van der Waals surface area contributed by atoms with Crippen LogP contribution in [0.2, 0.25) is 5.28 Å². The molecule has 30 heavy (non-hydrogen) atoms. The van der Waals surface area contributed by atoms with E-state index in [-0.39, 0.29) is 17.6 Å². The molecule has 5 rings (SSSR count). The third kappa shape index (κ3) is 3.74. The molecule has 1 aliphatic heterocycles. The van der Waals surface area contributed by atoms with Crippen molar-refractivity contribution in [3.05, 3.63) is 17.4 Å². The number of aryl methyl sites for hydroxylation is 1. The van der Waals surface area contributed by atoms with E-state index in [0.717, 1.165) is 37.1 Å². The number of anilines is 1. The first-order valence-corrected chi connectivity index (χ1v) is 11.1. The Morgan fingerprint density at radius 2 is 2.00 bits per heavy atom. The molecule has 0 bridgehead atoms. The summed E-state index contributed by atoms with van der Waals surface area (Å²) in [6, 6.07) is 0.389. The van der Waals surface area contributed by atoms with Crippen LogP contribution in [0.15, 0.2) is 6.33 Å². The smallest absolute Gasteiger partial charge is 0.226 e. The number of nitrogens with one attached hydrogen (secondary N) is 1. The molecule has 1 saturated carbocycles. The van der Waals surface area contributed by atoms with Crippen LogP contribution in [0.1, 0.15) is 70.5 Å². The van der Waals surface area contributed by atoms with Crippen LogP contribution in [-0.4, -0.2) is 45.8 Å². The van der Waals surface area contributed by atoms with Gasteiger partial charge in [-0.05, 0) is 68.2 Å². The zero-order valence-electron chi connectivity index (χ0n) is 17.2. The summed E-state index contributed by atoms with van der Waals surface area (Å²) in [5, 5.41) is 16.3. The molecule has 2 fully saturated rings. The van der Waals surface area contributed by atoms with Crippen LogP contribution in [0.4, 0.5) is 5.82 Å². The van der Waals surface area contributed by atoms with Gasteiger partial charge in [0.25, 0.3) is 0 Å². The Morgan fingerprint density at radius 1 is 1.17 bits per heavy atom. The van der Waals surface area contributed by atoms with E-state index in [2.05, 4.69) is 42.6 Å². The highest BCUT2D eigenvalue weighted by atomic mass is 35.5. The van der Waals surface area contributed by atoms with Crippen molar-refractivity contribution in [2.24, 2.45) is 5.92 Å². The SMILES string of the molecule is CCn1nnc(C2CCC(n3cnc4c(NC5CCC(C)CC5)nc(Cl)nc43)O2)n1. The summed E-state index contributed by atoms with van der Waals surface area (Å²) < 4.78 is 8.15. The quantitative estimate of drug-likeness (QED) is 0.611. The molecule has 160 valence electrons. The number of imidazole rings is 1. The third-order valence-electron chi connectivity index (χ3n) is 6.10. The minimum Gasteiger partial charge on any atom is -0.365 e. The van der Waals surface area contributed by atoms with E-state index in [1.807, 2.05) is 11.5 Å². The molecule has 2 aliphatic rings. The Labute approximate surface area is 179 Å². The first kappa shape index (κ1) is 19.6. The van der Waals surface area contributed by atoms with Gasteiger partial charge in [0.15, 0.2) is 17.0 Å². The molecule has 1 aliphatic carbocycles. The number of rotatable bonds is 5.